The van der Waals surface area contributed by atoms with Crippen molar-refractivity contribution in [3.8, 4) is 0 Å². The van der Waals surface area contributed by atoms with E-state index in [-0.39, 0.29) is 12.4 Å². The minimum absolute atomic E-state index is 0.150. The van der Waals surface area contributed by atoms with Gasteiger partial charge in [-0.1, -0.05) is 0 Å². The maximum atomic E-state index is 10.3. The number of ether oxygens (including phenoxy) is 1. The lowest BCUT2D eigenvalue weighted by molar-refractivity contribution is -0.135. The molecule has 11 heavy (non-hydrogen) atoms. The van der Waals surface area contributed by atoms with Gasteiger partial charge in [0.2, 0.25) is 0 Å². The van der Waals surface area contributed by atoms with Crippen LogP contribution in [-0.4, -0.2) is 22.4 Å². The Morgan fingerprint density at radius 1 is 1.64 bits per heavy atom. The zero-order valence-corrected chi connectivity index (χ0v) is 6.15. The summed E-state index contributed by atoms with van der Waals surface area (Å²) in [6.45, 7) is -0.218. The molecule has 0 aliphatic carbocycles. The van der Waals surface area contributed by atoms with Gasteiger partial charge in [-0.15, -0.1) is 0 Å². The number of cyclic esters (lactones) is 1. The highest BCUT2D eigenvalue weighted by Crippen LogP contribution is 2.39. The summed E-state index contributed by atoms with van der Waals surface area (Å²) in [7, 11) is -4.54. The van der Waals surface area contributed by atoms with Gasteiger partial charge in [-0.25, -0.2) is 9.36 Å². The molecule has 2 N–H and O–H groups in total. The first kappa shape index (κ1) is 8.26. The number of hydrogen-bond acceptors (Lipinski definition) is 4. The topological polar surface area (TPSA) is 93.1 Å². The first-order valence-electron chi connectivity index (χ1n) is 2.60. The quantitative estimate of drug-likeness (QED) is 0.441. The monoisotopic (exact) mass is 180 g/mol. The van der Waals surface area contributed by atoms with E-state index in [9.17, 15) is 9.36 Å². The Morgan fingerprint density at radius 3 is 2.64 bits per heavy atom. The van der Waals surface area contributed by atoms with Crippen LogP contribution in [0.1, 0.15) is 0 Å². The van der Waals surface area contributed by atoms with E-state index in [2.05, 4.69) is 9.26 Å². The molecular formula is C4H5O6P. The molecule has 1 rings (SSSR count). The van der Waals surface area contributed by atoms with Crippen molar-refractivity contribution >= 4 is 13.8 Å². The fourth-order valence-corrected chi connectivity index (χ4v) is 0.973. The van der Waals surface area contributed by atoms with Crippen LogP contribution in [0.5, 0.6) is 0 Å². The summed E-state index contributed by atoms with van der Waals surface area (Å²) in [6.07, 6.45) is 0.888. The highest BCUT2D eigenvalue weighted by Gasteiger charge is 2.22. The van der Waals surface area contributed by atoms with E-state index in [0.29, 0.717) is 0 Å². The number of rotatable bonds is 2. The first-order valence-corrected chi connectivity index (χ1v) is 4.13. The Morgan fingerprint density at radius 2 is 2.27 bits per heavy atom. The van der Waals surface area contributed by atoms with Crippen LogP contribution in [0.15, 0.2) is 11.8 Å². The van der Waals surface area contributed by atoms with Crippen molar-refractivity contribution in [2.75, 3.05) is 6.61 Å². The SMILES string of the molecule is O=C1C=C(OP(=O)(O)O)CO1. The molecule has 1 aliphatic heterocycles. The van der Waals surface area contributed by atoms with Crippen molar-refractivity contribution in [3.05, 3.63) is 11.8 Å². The maximum Gasteiger partial charge on any atom is 0.524 e. The summed E-state index contributed by atoms with van der Waals surface area (Å²) in [5, 5.41) is 0. The van der Waals surface area contributed by atoms with Crippen LogP contribution < -0.4 is 0 Å². The van der Waals surface area contributed by atoms with Crippen LogP contribution in [0.3, 0.4) is 0 Å². The van der Waals surface area contributed by atoms with Crippen LogP contribution in [0.4, 0.5) is 0 Å². The molecule has 0 atom stereocenters. The summed E-state index contributed by atoms with van der Waals surface area (Å²) < 4.78 is 18.5. The Hall–Kier alpha value is -0.840. The van der Waals surface area contributed by atoms with Gasteiger partial charge in [-0.3, -0.25) is 9.79 Å². The average Bonchev–Trinajstić information content (AvgIpc) is 2.10. The molecule has 6 nitrogen and oxygen atoms in total. The van der Waals surface area contributed by atoms with Gasteiger partial charge in [-0.05, 0) is 0 Å². The smallest absolute Gasteiger partial charge is 0.454 e. The van der Waals surface area contributed by atoms with Crippen LogP contribution in [0, 0.1) is 0 Å². The second-order valence-electron chi connectivity index (χ2n) is 1.80. The summed E-state index contributed by atoms with van der Waals surface area (Å²) in [5.74, 6) is -0.809. The van der Waals surface area contributed by atoms with E-state index in [1.165, 1.54) is 0 Å². The lowest BCUT2D eigenvalue weighted by atomic mass is 10.5. The molecule has 62 valence electrons. The fourth-order valence-electron chi connectivity index (χ4n) is 0.562. The van der Waals surface area contributed by atoms with Crippen molar-refractivity contribution in [2.45, 2.75) is 0 Å². The van der Waals surface area contributed by atoms with Gasteiger partial charge in [-0.2, -0.15) is 0 Å². The van der Waals surface area contributed by atoms with E-state index >= 15 is 0 Å². The second-order valence-corrected chi connectivity index (χ2v) is 2.96. The second kappa shape index (κ2) is 2.65. The highest BCUT2D eigenvalue weighted by molar-refractivity contribution is 7.46. The standard InChI is InChI=1S/C4H5O6P/c5-4-1-3(2-9-4)10-11(6,7)8/h1H,2H2,(H2,6,7,8). The molecule has 0 aromatic heterocycles. The van der Waals surface area contributed by atoms with Gasteiger partial charge < -0.3 is 9.26 Å². The third-order valence-corrected chi connectivity index (χ3v) is 1.34. The number of esters is 1. The van der Waals surface area contributed by atoms with Crippen LogP contribution in [-0.2, 0) is 18.6 Å². The van der Waals surface area contributed by atoms with Gasteiger partial charge in [0.15, 0.2) is 5.76 Å². The number of phosphoric acid groups is 1. The molecule has 0 aromatic carbocycles. The minimum Gasteiger partial charge on any atom is -0.454 e. The predicted octanol–water partition coefficient (Wildman–Crippen LogP) is -0.464. The Balaban J connectivity index is 2.59. The summed E-state index contributed by atoms with van der Waals surface area (Å²) >= 11 is 0. The van der Waals surface area contributed by atoms with Gasteiger partial charge in [0, 0.05) is 0 Å². The van der Waals surface area contributed by atoms with E-state index < -0.39 is 13.8 Å². The van der Waals surface area contributed by atoms with Crippen molar-refractivity contribution in [3.63, 3.8) is 0 Å². The molecule has 0 spiro atoms. The lowest BCUT2D eigenvalue weighted by Crippen LogP contribution is -1.93. The van der Waals surface area contributed by atoms with Crippen LogP contribution >= 0.6 is 7.82 Å². The van der Waals surface area contributed by atoms with Crippen molar-refractivity contribution in [1.82, 2.24) is 0 Å². The van der Waals surface area contributed by atoms with Gasteiger partial charge in [0.25, 0.3) is 0 Å². The fraction of sp³-hybridized carbons (Fsp3) is 0.250. The van der Waals surface area contributed by atoms with E-state index in [0.717, 1.165) is 6.08 Å². The van der Waals surface area contributed by atoms with E-state index in [1.807, 2.05) is 0 Å². The third kappa shape index (κ3) is 2.71. The largest absolute Gasteiger partial charge is 0.524 e. The average molecular weight is 180 g/mol. The van der Waals surface area contributed by atoms with Crippen LogP contribution in [0.2, 0.25) is 0 Å². The Labute approximate surface area is 61.7 Å². The molecule has 1 aliphatic rings. The zero-order chi connectivity index (χ0) is 8.48. The molecule has 7 heteroatoms. The first-order chi connectivity index (χ1) is 4.97. The number of phosphoric ester groups is 1. The van der Waals surface area contributed by atoms with E-state index in [1.54, 1.807) is 0 Å². The molecule has 0 amide bonds. The van der Waals surface area contributed by atoms with Crippen molar-refractivity contribution in [2.24, 2.45) is 0 Å². The van der Waals surface area contributed by atoms with E-state index in [4.69, 9.17) is 9.79 Å². The molecule has 0 unspecified atom stereocenters. The Kier molecular flexibility index (Phi) is 1.99. The summed E-state index contributed by atoms with van der Waals surface area (Å²) in [6, 6.07) is 0. The number of carbonyl (C=O) groups excluding carboxylic acids is 1. The van der Waals surface area contributed by atoms with Gasteiger partial charge >= 0.3 is 13.8 Å². The van der Waals surface area contributed by atoms with Crippen LogP contribution in [0.25, 0.3) is 0 Å². The van der Waals surface area contributed by atoms with Crippen molar-refractivity contribution < 1.29 is 28.4 Å². The lowest BCUT2D eigenvalue weighted by Gasteiger charge is -2.04. The van der Waals surface area contributed by atoms with Gasteiger partial charge in [0.1, 0.15) is 6.61 Å². The summed E-state index contributed by atoms with van der Waals surface area (Å²) in [4.78, 5) is 26.8. The normalized spacial score (nSPS) is 17.6. The molecule has 1 heterocycles. The highest BCUT2D eigenvalue weighted by atomic mass is 31.2. The third-order valence-electron chi connectivity index (χ3n) is 0.872. The maximum absolute atomic E-state index is 10.3. The minimum atomic E-state index is -4.54. The van der Waals surface area contributed by atoms with Gasteiger partial charge in [0.05, 0.1) is 6.08 Å². The number of carbonyl (C=O) groups is 1. The summed E-state index contributed by atoms with van der Waals surface area (Å²) in [5.41, 5.74) is 0. The molecule has 0 radical (unpaired) electrons. The molecule has 0 saturated heterocycles. The number of hydrogen-bond donors (Lipinski definition) is 2. The Bertz CT molecular complexity index is 249. The molecule has 0 bridgehead atoms. The molecular weight excluding hydrogens is 175 g/mol. The molecule has 0 saturated carbocycles. The molecule has 0 fully saturated rings. The molecule has 0 aromatic rings. The zero-order valence-electron chi connectivity index (χ0n) is 5.26. The predicted molar refractivity (Wildman–Crippen MR) is 32.2 cm³/mol. The van der Waals surface area contributed by atoms with Crippen molar-refractivity contribution in [1.29, 1.82) is 0 Å².